The number of carbonyl (C=O) groups is 1. The van der Waals surface area contributed by atoms with Crippen molar-refractivity contribution in [1.29, 1.82) is 0 Å². The molecular formula is C15H23BrN2O2S. The fourth-order valence-corrected chi connectivity index (χ4v) is 2.96. The highest BCUT2D eigenvalue weighted by atomic mass is 79.9. The van der Waals surface area contributed by atoms with Gasteiger partial charge >= 0.3 is 5.97 Å². The molecule has 0 amide bonds. The molecular weight excluding hydrogens is 352 g/mol. The van der Waals surface area contributed by atoms with Gasteiger partial charge in [0, 0.05) is 10.7 Å². The summed E-state index contributed by atoms with van der Waals surface area (Å²) in [5.74, 6) is 0.191. The van der Waals surface area contributed by atoms with Gasteiger partial charge in [0.05, 0.1) is 5.03 Å². The summed E-state index contributed by atoms with van der Waals surface area (Å²) >= 11 is 5.07. The fraction of sp³-hybridized carbons (Fsp3) is 0.600. The maximum absolute atomic E-state index is 11.4. The van der Waals surface area contributed by atoms with Crippen molar-refractivity contribution >= 4 is 33.7 Å². The number of aromatic nitrogens is 1. The van der Waals surface area contributed by atoms with E-state index in [1.54, 1.807) is 24.9 Å². The van der Waals surface area contributed by atoms with Crippen molar-refractivity contribution in [3.63, 3.8) is 0 Å². The Bertz CT molecular complexity index is 442. The average Bonchev–Trinajstić information content (AvgIpc) is 2.46. The number of rotatable bonds is 10. The summed E-state index contributed by atoms with van der Waals surface area (Å²) in [5.41, 5.74) is -0.809. The lowest BCUT2D eigenvalue weighted by Gasteiger charge is -2.26. The number of hydrogen-bond acceptors (Lipinski definition) is 4. The van der Waals surface area contributed by atoms with Crippen LogP contribution in [0, 0.1) is 0 Å². The van der Waals surface area contributed by atoms with Gasteiger partial charge in [0.1, 0.15) is 5.54 Å². The predicted molar refractivity (Wildman–Crippen MR) is 90.8 cm³/mol. The number of carboxylic acids is 1. The van der Waals surface area contributed by atoms with Gasteiger partial charge in [-0.1, -0.05) is 13.3 Å². The van der Waals surface area contributed by atoms with E-state index in [9.17, 15) is 9.90 Å². The second kappa shape index (κ2) is 9.43. The maximum Gasteiger partial charge on any atom is 0.323 e. The van der Waals surface area contributed by atoms with E-state index in [2.05, 4.69) is 26.2 Å². The van der Waals surface area contributed by atoms with Gasteiger partial charge < -0.3 is 10.4 Å². The summed E-state index contributed by atoms with van der Waals surface area (Å²) in [6.07, 6.45) is 5.26. The Morgan fingerprint density at radius 1 is 1.48 bits per heavy atom. The number of halogens is 1. The van der Waals surface area contributed by atoms with Gasteiger partial charge in [-0.25, -0.2) is 4.98 Å². The molecule has 21 heavy (non-hydrogen) atoms. The number of unbranched alkanes of at least 4 members (excludes halogenated alkanes) is 1. The molecule has 0 radical (unpaired) electrons. The van der Waals surface area contributed by atoms with E-state index in [-0.39, 0.29) is 0 Å². The quantitative estimate of drug-likeness (QED) is 0.479. The normalized spacial score (nSPS) is 13.9. The largest absolute Gasteiger partial charge is 0.480 e. The molecule has 6 heteroatoms. The Morgan fingerprint density at radius 3 is 2.81 bits per heavy atom. The van der Waals surface area contributed by atoms with Crippen LogP contribution in [0.3, 0.4) is 0 Å². The molecule has 0 aromatic carbocycles. The van der Waals surface area contributed by atoms with Crippen LogP contribution in [0.2, 0.25) is 0 Å². The van der Waals surface area contributed by atoms with Crippen LogP contribution in [0.1, 0.15) is 39.5 Å². The van der Waals surface area contributed by atoms with Crippen LogP contribution < -0.4 is 5.32 Å². The van der Waals surface area contributed by atoms with Gasteiger partial charge in [-0.2, -0.15) is 0 Å². The average molecular weight is 375 g/mol. The van der Waals surface area contributed by atoms with E-state index in [0.717, 1.165) is 41.1 Å². The van der Waals surface area contributed by atoms with Crippen LogP contribution in [-0.4, -0.2) is 33.9 Å². The van der Waals surface area contributed by atoms with Crippen LogP contribution in [0.25, 0.3) is 0 Å². The van der Waals surface area contributed by atoms with Gasteiger partial charge in [-0.15, -0.1) is 11.8 Å². The summed E-state index contributed by atoms with van der Waals surface area (Å²) in [7, 11) is 0. The third kappa shape index (κ3) is 6.80. The summed E-state index contributed by atoms with van der Waals surface area (Å²) in [6.45, 7) is 4.55. The number of carboxylic acid groups (broad SMARTS) is 1. The van der Waals surface area contributed by atoms with Crippen LogP contribution in [0.15, 0.2) is 27.8 Å². The zero-order valence-corrected chi connectivity index (χ0v) is 15.0. The van der Waals surface area contributed by atoms with Crippen molar-refractivity contribution in [2.24, 2.45) is 0 Å². The van der Waals surface area contributed by atoms with Crippen molar-refractivity contribution in [2.45, 2.75) is 50.1 Å². The molecule has 0 bridgehead atoms. The second-order valence-corrected chi connectivity index (χ2v) is 7.22. The van der Waals surface area contributed by atoms with Crippen molar-refractivity contribution in [3.05, 3.63) is 22.8 Å². The lowest BCUT2D eigenvalue weighted by molar-refractivity contribution is -0.144. The van der Waals surface area contributed by atoms with Crippen molar-refractivity contribution < 1.29 is 9.90 Å². The van der Waals surface area contributed by atoms with Gasteiger partial charge in [0.25, 0.3) is 0 Å². The van der Waals surface area contributed by atoms with E-state index in [0.29, 0.717) is 6.42 Å². The molecule has 1 atom stereocenters. The monoisotopic (exact) mass is 374 g/mol. The number of aliphatic carboxylic acids is 1. The third-order valence-corrected chi connectivity index (χ3v) is 4.76. The Hall–Kier alpha value is -0.590. The van der Waals surface area contributed by atoms with Crippen LogP contribution >= 0.6 is 27.7 Å². The number of nitrogens with zero attached hydrogens (tertiary/aromatic N) is 1. The van der Waals surface area contributed by atoms with E-state index in [1.807, 2.05) is 19.1 Å². The first kappa shape index (κ1) is 18.5. The topological polar surface area (TPSA) is 62.2 Å². The second-order valence-electron chi connectivity index (χ2n) is 5.18. The first-order valence-electron chi connectivity index (χ1n) is 7.20. The molecule has 118 valence electrons. The molecule has 0 aliphatic carbocycles. The minimum atomic E-state index is -0.809. The molecule has 0 aliphatic heterocycles. The summed E-state index contributed by atoms with van der Waals surface area (Å²) in [4.78, 5) is 15.7. The van der Waals surface area contributed by atoms with Crippen LogP contribution in [-0.2, 0) is 4.79 Å². The Kier molecular flexibility index (Phi) is 8.29. The number of pyridine rings is 1. The van der Waals surface area contributed by atoms with Crippen LogP contribution in [0.4, 0.5) is 0 Å². The maximum atomic E-state index is 11.4. The van der Waals surface area contributed by atoms with E-state index < -0.39 is 11.5 Å². The lowest BCUT2D eigenvalue weighted by atomic mass is 9.95. The molecule has 0 saturated heterocycles. The molecule has 2 N–H and O–H groups in total. The molecule has 4 nitrogen and oxygen atoms in total. The van der Waals surface area contributed by atoms with Crippen molar-refractivity contribution in [1.82, 2.24) is 10.3 Å². The SMILES string of the molecule is CCCNC(C)(CCCCSc1ccc(Br)cn1)C(=O)O. The van der Waals surface area contributed by atoms with Crippen molar-refractivity contribution in [3.8, 4) is 0 Å². The van der Waals surface area contributed by atoms with Gasteiger partial charge in [0.15, 0.2) is 0 Å². The highest BCUT2D eigenvalue weighted by Crippen LogP contribution is 2.21. The Labute approximate surface area is 139 Å². The molecule has 0 fully saturated rings. The highest BCUT2D eigenvalue weighted by Gasteiger charge is 2.31. The van der Waals surface area contributed by atoms with Crippen molar-refractivity contribution in [2.75, 3.05) is 12.3 Å². The minimum absolute atomic E-state index is 0.649. The predicted octanol–water partition coefficient (Wildman–Crippen LogP) is 3.95. The first-order chi connectivity index (χ1) is 9.98. The lowest BCUT2D eigenvalue weighted by Crippen LogP contribution is -2.49. The highest BCUT2D eigenvalue weighted by molar-refractivity contribution is 9.10. The minimum Gasteiger partial charge on any atom is -0.480 e. The van der Waals surface area contributed by atoms with E-state index >= 15 is 0 Å². The molecule has 0 spiro atoms. The van der Waals surface area contributed by atoms with Gasteiger partial charge in [0.2, 0.25) is 0 Å². The van der Waals surface area contributed by atoms with Crippen LogP contribution in [0.5, 0.6) is 0 Å². The molecule has 1 unspecified atom stereocenters. The molecule has 0 saturated carbocycles. The first-order valence-corrected chi connectivity index (χ1v) is 8.98. The summed E-state index contributed by atoms with van der Waals surface area (Å²) in [5, 5.41) is 13.5. The molecule has 1 rings (SSSR count). The van der Waals surface area contributed by atoms with Gasteiger partial charge in [-0.3, -0.25) is 4.79 Å². The molecule has 1 aromatic rings. The molecule has 1 heterocycles. The Morgan fingerprint density at radius 2 is 2.24 bits per heavy atom. The number of nitrogens with one attached hydrogen (secondary N) is 1. The standard InChI is InChI=1S/C15H23BrN2O2S/c1-3-9-18-15(2,14(19)20)8-4-5-10-21-13-7-6-12(16)11-17-13/h6-7,11,18H,3-5,8-10H2,1-2H3,(H,19,20). The van der Waals surface area contributed by atoms with E-state index in [4.69, 9.17) is 0 Å². The smallest absolute Gasteiger partial charge is 0.323 e. The zero-order chi connectivity index (χ0) is 15.7. The zero-order valence-electron chi connectivity index (χ0n) is 12.6. The summed E-state index contributed by atoms with van der Waals surface area (Å²) < 4.78 is 0.978. The van der Waals surface area contributed by atoms with Gasteiger partial charge in [-0.05, 0) is 66.5 Å². The third-order valence-electron chi connectivity index (χ3n) is 3.26. The number of hydrogen-bond donors (Lipinski definition) is 2. The molecule has 1 aromatic heterocycles. The van der Waals surface area contributed by atoms with E-state index in [1.165, 1.54) is 0 Å². The Balaban J connectivity index is 2.28. The number of thioether (sulfide) groups is 1. The summed E-state index contributed by atoms with van der Waals surface area (Å²) in [6, 6.07) is 3.96. The molecule has 0 aliphatic rings. The fourth-order valence-electron chi connectivity index (χ4n) is 1.88.